The average molecular weight is 346 g/mol. The minimum atomic E-state index is -4.32. The summed E-state index contributed by atoms with van der Waals surface area (Å²) in [4.78, 5) is 0. The first-order valence-electron chi connectivity index (χ1n) is 8.11. The average Bonchev–Trinajstić information content (AvgIpc) is 2.87. The quantitative estimate of drug-likeness (QED) is 0.723. The van der Waals surface area contributed by atoms with Gasteiger partial charge in [0.05, 0.1) is 16.8 Å². The van der Waals surface area contributed by atoms with Gasteiger partial charge in [0.1, 0.15) is 11.9 Å². The molecule has 2 aromatic carbocycles. The lowest BCUT2D eigenvalue weighted by Crippen LogP contribution is -2.35. The molecule has 1 heterocycles. The highest BCUT2D eigenvalue weighted by Gasteiger charge is 2.34. The van der Waals surface area contributed by atoms with E-state index in [1.54, 1.807) is 0 Å². The van der Waals surface area contributed by atoms with Crippen LogP contribution >= 0.6 is 0 Å². The minimum absolute atomic E-state index is 0.00382. The number of anilines is 1. The molecule has 1 fully saturated rings. The highest BCUT2D eigenvalue weighted by molar-refractivity contribution is 5.91. The summed E-state index contributed by atoms with van der Waals surface area (Å²) < 4.78 is 45.7. The molecule has 1 aliphatic carbocycles. The Morgan fingerprint density at radius 3 is 2.36 bits per heavy atom. The monoisotopic (exact) mass is 346 g/mol. The number of halogens is 3. The topological polar surface area (TPSA) is 40.2 Å². The number of hydrogen-bond acceptors (Lipinski definition) is 2. The zero-order valence-corrected chi connectivity index (χ0v) is 13.3. The summed E-state index contributed by atoms with van der Waals surface area (Å²) in [6, 6.07) is 13.1. The molecule has 6 heteroatoms. The number of benzene rings is 2. The molecule has 0 radical (unpaired) electrons. The van der Waals surface area contributed by atoms with Gasteiger partial charge in [-0.3, -0.25) is 0 Å². The number of nitrogens with two attached hydrogens (primary N) is 1. The Morgan fingerprint density at radius 1 is 1.00 bits per heavy atom. The molecule has 0 bridgehead atoms. The molecule has 0 atom stereocenters. The molecular weight excluding hydrogens is 329 g/mol. The van der Waals surface area contributed by atoms with Crippen LogP contribution in [0.4, 0.5) is 18.9 Å². The second kappa shape index (κ2) is 5.72. The van der Waals surface area contributed by atoms with Gasteiger partial charge in [-0.1, -0.05) is 18.2 Å². The molecule has 3 nitrogen and oxygen atoms in total. The predicted molar refractivity (Wildman–Crippen MR) is 90.5 cm³/mol. The Morgan fingerprint density at radius 2 is 1.68 bits per heavy atom. The summed E-state index contributed by atoms with van der Waals surface area (Å²) in [6.07, 6.45) is -0.763. The number of nitrogen functional groups attached to an aromatic ring is 1. The van der Waals surface area contributed by atoms with Crippen molar-refractivity contribution in [2.75, 3.05) is 5.73 Å². The van der Waals surface area contributed by atoms with Crippen LogP contribution in [0.1, 0.15) is 24.4 Å². The maximum absolute atomic E-state index is 12.6. The normalized spacial score (nSPS) is 20.4. The van der Waals surface area contributed by atoms with Crippen LogP contribution in [-0.4, -0.2) is 10.7 Å². The second-order valence-corrected chi connectivity index (χ2v) is 6.40. The van der Waals surface area contributed by atoms with E-state index in [1.165, 1.54) is 12.1 Å². The number of fused-ring (bicyclic) bond motifs is 1. The molecular formula is C19H17F3N2O. The van der Waals surface area contributed by atoms with E-state index in [-0.39, 0.29) is 6.10 Å². The molecule has 1 saturated carbocycles. The number of ether oxygens (including phenoxy) is 1. The van der Waals surface area contributed by atoms with E-state index < -0.39 is 11.7 Å². The SMILES string of the molecule is Nc1cn(C2CC(Oc3ccc(C(F)(F)F)cc3)C2)c2ccccc12. The van der Waals surface area contributed by atoms with Gasteiger partial charge in [0.25, 0.3) is 0 Å². The van der Waals surface area contributed by atoms with Gasteiger partial charge in [0.2, 0.25) is 0 Å². The second-order valence-electron chi connectivity index (χ2n) is 6.40. The Hall–Kier alpha value is -2.63. The van der Waals surface area contributed by atoms with E-state index in [0.717, 1.165) is 41.6 Å². The van der Waals surface area contributed by atoms with Gasteiger partial charge in [0, 0.05) is 30.5 Å². The molecule has 0 amide bonds. The first kappa shape index (κ1) is 15.9. The van der Waals surface area contributed by atoms with Crippen molar-refractivity contribution in [1.29, 1.82) is 0 Å². The maximum Gasteiger partial charge on any atom is 0.416 e. The van der Waals surface area contributed by atoms with Crippen molar-refractivity contribution >= 4 is 16.6 Å². The van der Waals surface area contributed by atoms with Crippen molar-refractivity contribution in [1.82, 2.24) is 4.57 Å². The third-order valence-electron chi connectivity index (χ3n) is 4.72. The Bertz CT molecular complexity index is 893. The highest BCUT2D eigenvalue weighted by Crippen LogP contribution is 2.39. The van der Waals surface area contributed by atoms with Crippen LogP contribution in [0, 0.1) is 0 Å². The fraction of sp³-hybridized carbons (Fsp3) is 0.263. The Labute approximate surface area is 142 Å². The van der Waals surface area contributed by atoms with Gasteiger partial charge >= 0.3 is 6.18 Å². The standard InChI is InChI=1S/C19H17F3N2O/c20-19(21,22)12-5-7-14(8-6-12)25-15-9-13(10-15)24-11-17(23)16-3-1-2-4-18(16)24/h1-8,11,13,15H,9-10,23H2. The molecule has 3 aromatic rings. The van der Waals surface area contributed by atoms with Crippen LogP contribution in [0.15, 0.2) is 54.7 Å². The van der Waals surface area contributed by atoms with Gasteiger partial charge in [-0.05, 0) is 30.3 Å². The van der Waals surface area contributed by atoms with Gasteiger partial charge < -0.3 is 15.0 Å². The van der Waals surface area contributed by atoms with E-state index in [9.17, 15) is 13.2 Å². The lowest BCUT2D eigenvalue weighted by atomic mass is 9.89. The van der Waals surface area contributed by atoms with E-state index in [1.807, 2.05) is 30.5 Å². The van der Waals surface area contributed by atoms with Crippen molar-refractivity contribution in [2.24, 2.45) is 0 Å². The summed E-state index contributed by atoms with van der Waals surface area (Å²) >= 11 is 0. The lowest BCUT2D eigenvalue weighted by Gasteiger charge is -2.36. The zero-order valence-electron chi connectivity index (χ0n) is 13.3. The first-order chi connectivity index (χ1) is 11.9. The summed E-state index contributed by atoms with van der Waals surface area (Å²) in [5, 5.41) is 1.04. The van der Waals surface area contributed by atoms with Crippen molar-refractivity contribution in [3.8, 4) is 5.75 Å². The third-order valence-corrected chi connectivity index (χ3v) is 4.72. The summed E-state index contributed by atoms with van der Waals surface area (Å²) in [7, 11) is 0. The molecule has 0 spiro atoms. The van der Waals surface area contributed by atoms with E-state index in [4.69, 9.17) is 10.5 Å². The van der Waals surface area contributed by atoms with Crippen molar-refractivity contribution in [3.05, 3.63) is 60.3 Å². The zero-order chi connectivity index (χ0) is 17.6. The van der Waals surface area contributed by atoms with Crippen LogP contribution < -0.4 is 10.5 Å². The van der Waals surface area contributed by atoms with Crippen molar-refractivity contribution in [2.45, 2.75) is 31.2 Å². The molecule has 0 unspecified atom stereocenters. The molecule has 130 valence electrons. The number of para-hydroxylation sites is 1. The van der Waals surface area contributed by atoms with Gasteiger partial charge in [-0.15, -0.1) is 0 Å². The summed E-state index contributed by atoms with van der Waals surface area (Å²) in [6.45, 7) is 0. The van der Waals surface area contributed by atoms with Gasteiger partial charge in [0.15, 0.2) is 0 Å². The smallest absolute Gasteiger partial charge is 0.416 e. The molecule has 25 heavy (non-hydrogen) atoms. The summed E-state index contributed by atoms with van der Waals surface area (Å²) in [5.74, 6) is 0.466. The van der Waals surface area contributed by atoms with E-state index >= 15 is 0 Å². The van der Waals surface area contributed by atoms with Crippen LogP contribution in [0.2, 0.25) is 0 Å². The van der Waals surface area contributed by atoms with Crippen molar-refractivity contribution < 1.29 is 17.9 Å². The van der Waals surface area contributed by atoms with Crippen LogP contribution in [-0.2, 0) is 6.18 Å². The molecule has 1 aliphatic rings. The number of nitrogens with zero attached hydrogens (tertiary/aromatic N) is 1. The largest absolute Gasteiger partial charge is 0.490 e. The van der Waals surface area contributed by atoms with Crippen molar-refractivity contribution in [3.63, 3.8) is 0 Å². The van der Waals surface area contributed by atoms with E-state index in [2.05, 4.69) is 4.57 Å². The van der Waals surface area contributed by atoms with Gasteiger partial charge in [-0.2, -0.15) is 13.2 Å². The predicted octanol–water partition coefficient (Wildman–Crippen LogP) is 5.02. The molecule has 0 saturated heterocycles. The number of hydrogen-bond donors (Lipinski definition) is 1. The lowest BCUT2D eigenvalue weighted by molar-refractivity contribution is -0.137. The number of alkyl halides is 3. The third kappa shape index (κ3) is 2.92. The maximum atomic E-state index is 12.6. The Balaban J connectivity index is 1.42. The molecule has 2 N–H and O–H groups in total. The van der Waals surface area contributed by atoms with Crippen LogP contribution in [0.25, 0.3) is 10.9 Å². The van der Waals surface area contributed by atoms with Crippen LogP contribution in [0.3, 0.4) is 0 Å². The van der Waals surface area contributed by atoms with E-state index in [0.29, 0.717) is 11.8 Å². The first-order valence-corrected chi connectivity index (χ1v) is 8.11. The fourth-order valence-electron chi connectivity index (χ4n) is 3.31. The molecule has 4 rings (SSSR count). The molecule has 1 aromatic heterocycles. The van der Waals surface area contributed by atoms with Gasteiger partial charge in [-0.25, -0.2) is 0 Å². The minimum Gasteiger partial charge on any atom is -0.490 e. The highest BCUT2D eigenvalue weighted by atomic mass is 19.4. The number of rotatable bonds is 3. The summed E-state index contributed by atoms with van der Waals surface area (Å²) in [5.41, 5.74) is 7.24. The van der Waals surface area contributed by atoms with Crippen LogP contribution in [0.5, 0.6) is 5.75 Å². The Kier molecular flexibility index (Phi) is 3.63. The molecule has 0 aliphatic heterocycles. The fourth-order valence-corrected chi connectivity index (χ4v) is 3.31. The number of aromatic nitrogens is 1.